The first-order valence-electron chi connectivity index (χ1n) is 15.2. The van der Waals surface area contributed by atoms with E-state index in [9.17, 15) is 13.2 Å². The highest BCUT2D eigenvalue weighted by Crippen LogP contribution is 2.44. The van der Waals surface area contributed by atoms with E-state index in [2.05, 4.69) is 5.32 Å². The van der Waals surface area contributed by atoms with Crippen LogP contribution in [0.25, 0.3) is 0 Å². The van der Waals surface area contributed by atoms with E-state index in [0.29, 0.717) is 41.4 Å². The molecular weight excluding hydrogens is 620 g/mol. The van der Waals surface area contributed by atoms with Gasteiger partial charge in [-0.1, -0.05) is 48.5 Å². The molecule has 1 aliphatic heterocycles. The van der Waals surface area contributed by atoms with Gasteiger partial charge in [0.2, 0.25) is 5.90 Å². The summed E-state index contributed by atoms with van der Waals surface area (Å²) in [5.74, 6) is 1.06. The van der Waals surface area contributed by atoms with Gasteiger partial charge in [-0.2, -0.15) is 0 Å². The van der Waals surface area contributed by atoms with Gasteiger partial charge in [0, 0.05) is 37.1 Å². The predicted molar refractivity (Wildman–Crippen MR) is 178 cm³/mol. The van der Waals surface area contributed by atoms with Crippen molar-refractivity contribution in [1.82, 2.24) is 5.32 Å². The Labute approximate surface area is 274 Å². The number of nitrogens with one attached hydrogen (secondary N) is 1. The molecule has 246 valence electrons. The number of sulfone groups is 1. The normalized spacial score (nSPS) is 17.3. The molecule has 0 saturated carbocycles. The number of carbonyl (C=O) groups is 1. The van der Waals surface area contributed by atoms with E-state index in [0.717, 1.165) is 5.56 Å². The maximum absolute atomic E-state index is 14.5. The molecule has 0 spiro atoms. The minimum absolute atomic E-state index is 0.0234. The molecule has 10 nitrogen and oxygen atoms in total. The number of amides is 1. The van der Waals surface area contributed by atoms with Gasteiger partial charge in [0.05, 0.1) is 31.5 Å². The van der Waals surface area contributed by atoms with Crippen molar-refractivity contribution in [3.8, 4) is 17.2 Å². The van der Waals surface area contributed by atoms with Gasteiger partial charge in [-0.25, -0.2) is 13.4 Å². The van der Waals surface area contributed by atoms with E-state index in [-0.39, 0.29) is 36.1 Å². The average molecular weight is 659 g/mol. The molecule has 2 atom stereocenters. The Hall–Kier alpha value is -4.87. The van der Waals surface area contributed by atoms with Crippen molar-refractivity contribution in [2.45, 2.75) is 35.9 Å². The summed E-state index contributed by atoms with van der Waals surface area (Å²) in [4.78, 5) is 19.6. The van der Waals surface area contributed by atoms with E-state index in [4.69, 9.17) is 29.0 Å². The molecule has 0 bridgehead atoms. The number of rotatable bonds is 15. The Balaban J connectivity index is 1.57. The molecule has 1 heterocycles. The lowest BCUT2D eigenvalue weighted by atomic mass is 9.85. The summed E-state index contributed by atoms with van der Waals surface area (Å²) in [5, 5.41) is 12.1. The first-order chi connectivity index (χ1) is 22.8. The zero-order chi connectivity index (χ0) is 33.3. The molecule has 0 saturated heterocycles. The van der Waals surface area contributed by atoms with Crippen LogP contribution in [0, 0.1) is 0 Å². The number of para-hydroxylation sites is 1. The monoisotopic (exact) mass is 658 g/mol. The second-order valence-corrected chi connectivity index (χ2v) is 13.1. The van der Waals surface area contributed by atoms with Gasteiger partial charge in [0.1, 0.15) is 17.2 Å². The van der Waals surface area contributed by atoms with Crippen LogP contribution >= 0.6 is 0 Å². The van der Waals surface area contributed by atoms with E-state index < -0.39 is 27.4 Å². The van der Waals surface area contributed by atoms with Crippen LogP contribution in [0.2, 0.25) is 0 Å². The fraction of sp³-hybridized carbons (Fsp3) is 0.278. The van der Waals surface area contributed by atoms with Crippen LogP contribution in [-0.4, -0.2) is 64.1 Å². The van der Waals surface area contributed by atoms with E-state index in [1.807, 2.05) is 18.2 Å². The third-order valence-corrected chi connectivity index (χ3v) is 9.64. The Kier molecular flexibility index (Phi) is 10.8. The molecular formula is C36H38N2O8S. The van der Waals surface area contributed by atoms with Crippen molar-refractivity contribution >= 4 is 21.6 Å². The largest absolute Gasteiger partial charge is 0.497 e. The smallest absolute Gasteiger partial charge is 0.252 e. The average Bonchev–Trinajstić information content (AvgIpc) is 3.52. The Morgan fingerprint density at radius 1 is 0.915 bits per heavy atom. The lowest BCUT2D eigenvalue weighted by Crippen LogP contribution is -2.49. The third-order valence-electron chi connectivity index (χ3n) is 7.91. The Morgan fingerprint density at radius 3 is 2.38 bits per heavy atom. The Bertz CT molecular complexity index is 1800. The maximum Gasteiger partial charge on any atom is 0.252 e. The summed E-state index contributed by atoms with van der Waals surface area (Å²) < 4.78 is 50.3. The topological polar surface area (TPSA) is 133 Å². The summed E-state index contributed by atoms with van der Waals surface area (Å²) in [6.07, 6.45) is -0.662. The molecule has 0 unspecified atom stereocenters. The fourth-order valence-corrected chi connectivity index (χ4v) is 6.78. The maximum atomic E-state index is 14.5. The van der Waals surface area contributed by atoms with Crippen LogP contribution in [0.5, 0.6) is 17.2 Å². The van der Waals surface area contributed by atoms with Crippen molar-refractivity contribution < 1.29 is 37.3 Å². The molecule has 1 amide bonds. The molecule has 5 rings (SSSR count). The molecule has 47 heavy (non-hydrogen) atoms. The van der Waals surface area contributed by atoms with Gasteiger partial charge in [0.25, 0.3) is 5.91 Å². The van der Waals surface area contributed by atoms with E-state index in [1.54, 1.807) is 87.0 Å². The predicted octanol–water partition coefficient (Wildman–Crippen LogP) is 4.90. The van der Waals surface area contributed by atoms with Crippen molar-refractivity contribution in [2.75, 3.05) is 33.2 Å². The number of ether oxygens (including phenoxy) is 4. The number of nitrogens with zero attached hydrogens (tertiary/aromatic N) is 1. The molecule has 1 aliphatic rings. The molecule has 0 aliphatic carbocycles. The van der Waals surface area contributed by atoms with Crippen molar-refractivity contribution in [3.63, 3.8) is 0 Å². The number of hydrogen-bond acceptors (Lipinski definition) is 9. The quantitative estimate of drug-likeness (QED) is 0.173. The Morgan fingerprint density at radius 2 is 1.66 bits per heavy atom. The van der Waals surface area contributed by atoms with Gasteiger partial charge in [-0.15, -0.1) is 0 Å². The second kappa shape index (κ2) is 15.1. The number of aliphatic hydroxyl groups excluding tert-OH is 1. The summed E-state index contributed by atoms with van der Waals surface area (Å²) >= 11 is 0. The van der Waals surface area contributed by atoms with E-state index in [1.165, 1.54) is 12.1 Å². The number of methoxy groups -OCH3 is 2. The number of hydrogen-bond donors (Lipinski definition) is 2. The zero-order valence-corrected chi connectivity index (χ0v) is 27.1. The molecule has 4 aromatic rings. The van der Waals surface area contributed by atoms with Crippen LogP contribution in [0.15, 0.2) is 113 Å². The van der Waals surface area contributed by atoms with Crippen molar-refractivity contribution in [1.29, 1.82) is 0 Å². The van der Waals surface area contributed by atoms with E-state index >= 15 is 0 Å². The summed E-state index contributed by atoms with van der Waals surface area (Å²) in [6.45, 7) is 0.498. The molecule has 0 aromatic heterocycles. The minimum Gasteiger partial charge on any atom is -0.497 e. The van der Waals surface area contributed by atoms with Crippen LogP contribution in [0.4, 0.5) is 0 Å². The van der Waals surface area contributed by atoms with Crippen LogP contribution < -0.4 is 19.5 Å². The van der Waals surface area contributed by atoms with Crippen LogP contribution in [0.3, 0.4) is 0 Å². The lowest BCUT2D eigenvalue weighted by molar-refractivity contribution is -0.129. The molecule has 2 N–H and O–H groups in total. The molecule has 11 heteroatoms. The van der Waals surface area contributed by atoms with Crippen LogP contribution in [0.1, 0.15) is 35.6 Å². The second-order valence-electron chi connectivity index (χ2n) is 10.9. The highest BCUT2D eigenvalue weighted by molar-refractivity contribution is 7.91. The molecule has 4 aromatic carbocycles. The van der Waals surface area contributed by atoms with Crippen molar-refractivity contribution in [2.24, 2.45) is 4.99 Å². The number of carbonyl (C=O) groups excluding carboxylic acids is 1. The molecule has 0 radical (unpaired) electrons. The van der Waals surface area contributed by atoms with Crippen LogP contribution in [-0.2, 0) is 25.9 Å². The van der Waals surface area contributed by atoms with Gasteiger partial charge >= 0.3 is 0 Å². The fourth-order valence-electron chi connectivity index (χ4n) is 5.39. The number of aliphatic imine (C=N–C) groups is 1. The highest BCUT2D eigenvalue weighted by atomic mass is 32.2. The van der Waals surface area contributed by atoms with Gasteiger partial charge in [-0.05, 0) is 60.2 Å². The number of aliphatic hydroxyl groups is 1. The first kappa shape index (κ1) is 33.5. The molecule has 0 fully saturated rings. The summed E-state index contributed by atoms with van der Waals surface area (Å²) in [7, 11) is -0.701. The summed E-state index contributed by atoms with van der Waals surface area (Å²) in [5.41, 5.74) is 0.240. The van der Waals surface area contributed by atoms with Gasteiger partial charge < -0.3 is 29.4 Å². The van der Waals surface area contributed by atoms with Gasteiger partial charge in [0.15, 0.2) is 21.5 Å². The summed E-state index contributed by atoms with van der Waals surface area (Å²) in [6, 6.07) is 29.6. The SMILES string of the molecule is COc1cccc([C@H]2OC(c3ccc(OCCCO)cc3)=N[C@@]2(CCS(=O)(=O)c2ccccc2)C(=O)NCc2ccccc2OC)c1. The minimum atomic E-state index is -3.80. The standard InChI is InChI=1S/C36H38N2O8S/c1-43-30-12-8-11-27(24-30)33-36(20-23-47(41,42)31-13-4-3-5-14-31,35(40)37-25-28-10-6-7-15-32(28)44-2)38-34(46-33)26-16-18-29(19-17-26)45-22-9-21-39/h3-8,10-19,24,33,39H,9,20-23,25H2,1-2H3,(H,37,40)/t33-,36-/m1/s1. The lowest BCUT2D eigenvalue weighted by Gasteiger charge is -2.31. The number of benzene rings is 4. The highest BCUT2D eigenvalue weighted by Gasteiger charge is 2.53. The zero-order valence-electron chi connectivity index (χ0n) is 26.3. The van der Waals surface area contributed by atoms with Gasteiger partial charge in [-0.3, -0.25) is 4.79 Å². The third kappa shape index (κ3) is 7.75. The van der Waals surface area contributed by atoms with Crippen molar-refractivity contribution in [3.05, 3.63) is 120 Å². The first-order valence-corrected chi connectivity index (χ1v) is 16.9.